The second-order valence-corrected chi connectivity index (χ2v) is 5.57. The molecule has 7 heteroatoms. The van der Waals surface area contributed by atoms with Gasteiger partial charge < -0.3 is 5.32 Å². The van der Waals surface area contributed by atoms with E-state index in [1.165, 1.54) is 5.69 Å². The van der Waals surface area contributed by atoms with Crippen LogP contribution < -0.4 is 5.32 Å². The topological polar surface area (TPSA) is 77.1 Å². The van der Waals surface area contributed by atoms with Crippen LogP contribution in [0.3, 0.4) is 0 Å². The van der Waals surface area contributed by atoms with Crippen molar-refractivity contribution in [2.45, 2.75) is 25.7 Å². The third-order valence-corrected chi connectivity index (χ3v) is 4.13. The van der Waals surface area contributed by atoms with Crippen LogP contribution in [-0.4, -0.2) is 30.3 Å². The lowest BCUT2D eigenvalue weighted by atomic mass is 9.95. The lowest BCUT2D eigenvalue weighted by Crippen LogP contribution is -2.16. The Morgan fingerprint density at radius 1 is 1.27 bits per heavy atom. The van der Waals surface area contributed by atoms with Crippen molar-refractivity contribution < 1.29 is 4.79 Å². The molecule has 0 aromatic carbocycles. The Hall–Kier alpha value is -2.70. The maximum Gasteiger partial charge on any atom is 0.276 e. The van der Waals surface area contributed by atoms with E-state index in [0.29, 0.717) is 11.4 Å². The zero-order chi connectivity index (χ0) is 15.1. The number of rotatable bonds is 2. The molecular formula is C15H16N6O. The molecule has 0 saturated carbocycles. The van der Waals surface area contributed by atoms with E-state index in [4.69, 9.17) is 0 Å². The Bertz CT molecular complexity index is 862. The fourth-order valence-corrected chi connectivity index (χ4v) is 3.05. The van der Waals surface area contributed by atoms with E-state index in [0.717, 1.165) is 36.9 Å². The van der Waals surface area contributed by atoms with Crippen molar-refractivity contribution in [3.63, 3.8) is 0 Å². The first-order valence-electron chi connectivity index (χ1n) is 7.38. The molecule has 0 radical (unpaired) electrons. The molecule has 0 spiro atoms. The molecule has 1 N–H and O–H groups in total. The highest BCUT2D eigenvalue weighted by Crippen LogP contribution is 2.24. The number of aromatic nitrogens is 5. The predicted octanol–water partition coefficient (Wildman–Crippen LogP) is 1.59. The van der Waals surface area contributed by atoms with Crippen LogP contribution in [0.15, 0.2) is 24.7 Å². The van der Waals surface area contributed by atoms with Crippen LogP contribution in [-0.2, 0) is 19.9 Å². The first-order valence-corrected chi connectivity index (χ1v) is 7.38. The molecule has 0 fully saturated rings. The third-order valence-electron chi connectivity index (χ3n) is 4.13. The molecule has 3 heterocycles. The van der Waals surface area contributed by atoms with Gasteiger partial charge in [-0.3, -0.25) is 13.9 Å². The molecule has 3 aromatic heterocycles. The van der Waals surface area contributed by atoms with Gasteiger partial charge in [0.2, 0.25) is 0 Å². The fourth-order valence-electron chi connectivity index (χ4n) is 3.05. The molecule has 4 rings (SSSR count). The SMILES string of the molecule is Cn1nc(C(=O)Nc2ccc3nncn3c2)c2c1CCCC2. The molecule has 0 unspecified atom stereocenters. The van der Waals surface area contributed by atoms with Crippen LogP contribution in [0, 0.1) is 0 Å². The molecular weight excluding hydrogens is 280 g/mol. The van der Waals surface area contributed by atoms with E-state index >= 15 is 0 Å². The summed E-state index contributed by atoms with van der Waals surface area (Å²) in [5.74, 6) is -0.161. The van der Waals surface area contributed by atoms with Crippen molar-refractivity contribution in [1.29, 1.82) is 0 Å². The molecule has 3 aromatic rings. The van der Waals surface area contributed by atoms with Crippen LogP contribution in [0.4, 0.5) is 5.69 Å². The van der Waals surface area contributed by atoms with Crippen molar-refractivity contribution >= 4 is 17.2 Å². The van der Waals surface area contributed by atoms with E-state index in [2.05, 4.69) is 20.6 Å². The maximum absolute atomic E-state index is 12.5. The quantitative estimate of drug-likeness (QED) is 0.779. The van der Waals surface area contributed by atoms with Gasteiger partial charge in [0, 0.05) is 24.5 Å². The minimum atomic E-state index is -0.161. The zero-order valence-electron chi connectivity index (χ0n) is 12.3. The van der Waals surface area contributed by atoms with Crippen LogP contribution in [0.2, 0.25) is 0 Å². The predicted molar refractivity (Wildman–Crippen MR) is 80.8 cm³/mol. The van der Waals surface area contributed by atoms with Crippen molar-refractivity contribution in [3.8, 4) is 0 Å². The smallest absolute Gasteiger partial charge is 0.276 e. The first-order chi connectivity index (χ1) is 10.7. The Kier molecular flexibility index (Phi) is 2.92. The average molecular weight is 296 g/mol. The monoisotopic (exact) mass is 296 g/mol. The van der Waals surface area contributed by atoms with Gasteiger partial charge in [-0.25, -0.2) is 0 Å². The lowest BCUT2D eigenvalue weighted by Gasteiger charge is -2.12. The number of carbonyl (C=O) groups is 1. The summed E-state index contributed by atoms with van der Waals surface area (Å²) >= 11 is 0. The Morgan fingerprint density at radius 3 is 3.05 bits per heavy atom. The number of aryl methyl sites for hydroxylation is 1. The average Bonchev–Trinajstić information content (AvgIpc) is 3.12. The highest BCUT2D eigenvalue weighted by atomic mass is 16.2. The summed E-state index contributed by atoms with van der Waals surface area (Å²) in [4.78, 5) is 12.5. The van der Waals surface area contributed by atoms with Gasteiger partial charge in [-0.05, 0) is 37.8 Å². The van der Waals surface area contributed by atoms with Crippen molar-refractivity contribution in [3.05, 3.63) is 41.6 Å². The maximum atomic E-state index is 12.5. The molecule has 22 heavy (non-hydrogen) atoms. The molecule has 112 valence electrons. The lowest BCUT2D eigenvalue weighted by molar-refractivity contribution is 0.102. The van der Waals surface area contributed by atoms with E-state index in [-0.39, 0.29) is 5.91 Å². The normalized spacial score (nSPS) is 14.0. The molecule has 7 nitrogen and oxygen atoms in total. The summed E-state index contributed by atoms with van der Waals surface area (Å²) < 4.78 is 3.61. The van der Waals surface area contributed by atoms with Gasteiger partial charge in [-0.15, -0.1) is 10.2 Å². The number of carbonyl (C=O) groups excluding carboxylic acids is 1. The van der Waals surface area contributed by atoms with E-state index in [9.17, 15) is 4.79 Å². The van der Waals surface area contributed by atoms with Gasteiger partial charge >= 0.3 is 0 Å². The summed E-state index contributed by atoms with van der Waals surface area (Å²) in [5, 5.41) is 15.1. The summed E-state index contributed by atoms with van der Waals surface area (Å²) in [6, 6.07) is 3.63. The number of amides is 1. The van der Waals surface area contributed by atoms with Crippen LogP contribution in [0.5, 0.6) is 0 Å². The van der Waals surface area contributed by atoms with Crippen molar-refractivity contribution in [2.75, 3.05) is 5.32 Å². The van der Waals surface area contributed by atoms with Gasteiger partial charge in [0.1, 0.15) is 6.33 Å². The Labute approximate surface area is 127 Å². The Morgan fingerprint density at radius 2 is 2.14 bits per heavy atom. The van der Waals surface area contributed by atoms with Crippen LogP contribution in [0.25, 0.3) is 5.65 Å². The number of fused-ring (bicyclic) bond motifs is 2. The van der Waals surface area contributed by atoms with Crippen molar-refractivity contribution in [2.24, 2.45) is 7.05 Å². The summed E-state index contributed by atoms with van der Waals surface area (Å²) in [7, 11) is 1.91. The number of hydrogen-bond donors (Lipinski definition) is 1. The van der Waals surface area contributed by atoms with Crippen molar-refractivity contribution in [1.82, 2.24) is 24.4 Å². The third kappa shape index (κ3) is 2.05. The number of hydrogen-bond acceptors (Lipinski definition) is 4. The van der Waals surface area contributed by atoms with Gasteiger partial charge in [0.25, 0.3) is 5.91 Å². The number of nitrogens with zero attached hydrogens (tertiary/aromatic N) is 5. The van der Waals surface area contributed by atoms with Gasteiger partial charge in [-0.1, -0.05) is 0 Å². The largest absolute Gasteiger partial charge is 0.319 e. The second-order valence-electron chi connectivity index (χ2n) is 5.57. The molecule has 0 bridgehead atoms. The summed E-state index contributed by atoms with van der Waals surface area (Å²) in [6.07, 6.45) is 7.61. The van der Waals surface area contributed by atoms with Crippen LogP contribution in [0.1, 0.15) is 34.6 Å². The first kappa shape index (κ1) is 13.0. The highest BCUT2D eigenvalue weighted by Gasteiger charge is 2.23. The minimum absolute atomic E-state index is 0.161. The van der Waals surface area contributed by atoms with Gasteiger partial charge in [-0.2, -0.15) is 5.10 Å². The summed E-state index contributed by atoms with van der Waals surface area (Å²) in [6.45, 7) is 0. The molecule has 1 aliphatic rings. The van der Waals surface area contributed by atoms with Crippen LogP contribution >= 0.6 is 0 Å². The molecule has 0 saturated heterocycles. The zero-order valence-corrected chi connectivity index (χ0v) is 12.3. The molecule has 0 aliphatic heterocycles. The molecule has 1 amide bonds. The summed E-state index contributed by atoms with van der Waals surface area (Å²) in [5.41, 5.74) is 4.27. The second kappa shape index (κ2) is 4.94. The number of nitrogens with one attached hydrogen (secondary N) is 1. The molecule has 1 aliphatic carbocycles. The highest BCUT2D eigenvalue weighted by molar-refractivity contribution is 6.04. The Balaban J connectivity index is 1.64. The minimum Gasteiger partial charge on any atom is -0.319 e. The molecule has 0 atom stereocenters. The van der Waals surface area contributed by atoms with E-state index in [1.807, 2.05) is 23.9 Å². The van der Waals surface area contributed by atoms with E-state index < -0.39 is 0 Å². The fraction of sp³-hybridized carbons (Fsp3) is 0.333. The number of pyridine rings is 1. The number of anilines is 1. The van der Waals surface area contributed by atoms with E-state index in [1.54, 1.807) is 16.9 Å². The van der Waals surface area contributed by atoms with Gasteiger partial charge in [0.05, 0.1) is 5.69 Å². The standard InChI is InChI=1S/C15H16N6O/c1-20-12-5-3-2-4-11(12)14(19-20)15(22)17-10-6-7-13-18-16-9-21(13)8-10/h6-9H,2-5H2,1H3,(H,17,22). The van der Waals surface area contributed by atoms with Gasteiger partial charge in [0.15, 0.2) is 11.3 Å².